The molecule has 0 radical (unpaired) electrons. The van der Waals surface area contributed by atoms with Crippen LogP contribution in [0.5, 0.6) is 5.75 Å². The molecule has 0 saturated heterocycles. The van der Waals surface area contributed by atoms with Crippen LogP contribution < -0.4 is 5.32 Å². The summed E-state index contributed by atoms with van der Waals surface area (Å²) in [4.78, 5) is 20.3. The molecule has 5 rings (SSSR count). The van der Waals surface area contributed by atoms with E-state index in [-0.39, 0.29) is 11.7 Å². The van der Waals surface area contributed by atoms with Crippen molar-refractivity contribution in [2.75, 3.05) is 5.32 Å². The predicted molar refractivity (Wildman–Crippen MR) is 119 cm³/mol. The summed E-state index contributed by atoms with van der Waals surface area (Å²) in [6, 6.07) is 18.9. The van der Waals surface area contributed by atoms with Gasteiger partial charge in [-0.1, -0.05) is 42.5 Å². The number of rotatable bonds is 5. The van der Waals surface area contributed by atoms with Crippen LogP contribution >= 0.6 is 0 Å². The van der Waals surface area contributed by atoms with E-state index in [1.54, 1.807) is 47.7 Å². The minimum atomic E-state index is -0.247. The van der Waals surface area contributed by atoms with E-state index in [0.717, 1.165) is 22.1 Å². The second-order valence-electron chi connectivity index (χ2n) is 7.24. The molecule has 0 fully saturated rings. The number of aromatic nitrogens is 4. The van der Waals surface area contributed by atoms with E-state index in [0.29, 0.717) is 23.4 Å². The Balaban J connectivity index is 1.38. The number of pyridine rings is 1. The van der Waals surface area contributed by atoms with E-state index < -0.39 is 0 Å². The summed E-state index contributed by atoms with van der Waals surface area (Å²) >= 11 is 0. The zero-order valence-electron chi connectivity index (χ0n) is 16.5. The first kappa shape index (κ1) is 18.6. The third-order valence-corrected chi connectivity index (χ3v) is 5.04. The summed E-state index contributed by atoms with van der Waals surface area (Å²) < 4.78 is 1.74. The van der Waals surface area contributed by atoms with Gasteiger partial charge in [-0.25, -0.2) is 4.98 Å². The average Bonchev–Trinajstić information content (AvgIpc) is 3.41. The molecule has 3 heterocycles. The first-order chi connectivity index (χ1) is 15.2. The molecule has 7 heteroatoms. The summed E-state index contributed by atoms with van der Waals surface area (Å²) in [7, 11) is 0. The Kier molecular flexibility index (Phi) is 4.68. The number of nitrogens with zero attached hydrogens (tertiary/aromatic N) is 3. The molecular formula is C24H19N5O2. The number of aromatic hydroxyl groups is 1. The number of anilines is 1. The molecule has 152 valence electrons. The summed E-state index contributed by atoms with van der Waals surface area (Å²) in [6.07, 6.45) is 6.74. The first-order valence-electron chi connectivity index (χ1n) is 9.80. The minimum absolute atomic E-state index is 0.188. The number of phenolic OH excluding ortho intramolecular Hbond substituents is 1. The monoisotopic (exact) mass is 409 g/mol. The van der Waals surface area contributed by atoms with Crippen LogP contribution in [0.25, 0.3) is 22.2 Å². The molecule has 0 saturated carbocycles. The lowest BCUT2D eigenvalue weighted by atomic mass is 10.1. The number of hydrogen-bond donors (Lipinski definition) is 3. The van der Waals surface area contributed by atoms with Crippen molar-refractivity contribution in [3.63, 3.8) is 0 Å². The number of phenols is 1. The molecule has 3 aromatic heterocycles. The highest BCUT2D eigenvalue weighted by Crippen LogP contribution is 2.29. The largest absolute Gasteiger partial charge is 0.508 e. The molecule has 0 unspecified atom stereocenters. The van der Waals surface area contributed by atoms with Gasteiger partial charge in [0.2, 0.25) is 0 Å². The van der Waals surface area contributed by atoms with Crippen molar-refractivity contribution < 1.29 is 9.90 Å². The molecule has 0 spiro atoms. The predicted octanol–water partition coefficient (Wildman–Crippen LogP) is 4.43. The van der Waals surface area contributed by atoms with Gasteiger partial charge < -0.3 is 15.4 Å². The molecule has 2 aromatic carbocycles. The molecule has 0 atom stereocenters. The van der Waals surface area contributed by atoms with Crippen LogP contribution in [0.1, 0.15) is 15.9 Å². The number of nitrogens with one attached hydrogen (secondary N) is 2. The topological polar surface area (TPSA) is 95.8 Å². The lowest BCUT2D eigenvalue weighted by molar-refractivity contribution is 0.102. The number of aromatic amines is 1. The standard InChI is InChI=1S/C24H19N5O2/c30-20-8-4-7-17(9-20)18-10-21-22(13-26-23(21)25-11-18)28-24(31)19-12-27-29(15-19)14-16-5-2-1-3-6-16/h1-13,15,30H,14H2,(H,25,26)(H,28,31). The quantitative estimate of drug-likeness (QED) is 0.400. The second-order valence-corrected chi connectivity index (χ2v) is 7.24. The van der Waals surface area contributed by atoms with Gasteiger partial charge in [0.05, 0.1) is 24.0 Å². The van der Waals surface area contributed by atoms with Crippen molar-refractivity contribution in [2.24, 2.45) is 0 Å². The van der Waals surface area contributed by atoms with Gasteiger partial charge >= 0.3 is 0 Å². The van der Waals surface area contributed by atoms with Crippen LogP contribution in [0.2, 0.25) is 0 Å². The smallest absolute Gasteiger partial charge is 0.258 e. The highest BCUT2D eigenvalue weighted by Gasteiger charge is 2.13. The van der Waals surface area contributed by atoms with Gasteiger partial charge in [0, 0.05) is 29.5 Å². The molecule has 31 heavy (non-hydrogen) atoms. The van der Waals surface area contributed by atoms with E-state index in [4.69, 9.17) is 0 Å². The molecule has 0 bridgehead atoms. The van der Waals surface area contributed by atoms with Crippen LogP contribution in [0.15, 0.2) is 85.5 Å². The molecule has 0 aliphatic carbocycles. The van der Waals surface area contributed by atoms with Gasteiger partial charge in [0.15, 0.2) is 0 Å². The van der Waals surface area contributed by atoms with Gasteiger partial charge in [0.25, 0.3) is 5.91 Å². The Hall–Kier alpha value is -4.39. The maximum atomic E-state index is 12.8. The number of hydrogen-bond acceptors (Lipinski definition) is 4. The third kappa shape index (κ3) is 3.89. The van der Waals surface area contributed by atoms with Crippen molar-refractivity contribution in [1.29, 1.82) is 0 Å². The third-order valence-electron chi connectivity index (χ3n) is 5.04. The lowest BCUT2D eigenvalue weighted by Crippen LogP contribution is -2.11. The fourth-order valence-corrected chi connectivity index (χ4v) is 3.48. The number of carbonyl (C=O) groups excluding carboxylic acids is 1. The van der Waals surface area contributed by atoms with Crippen LogP contribution in [-0.4, -0.2) is 30.8 Å². The Morgan fingerprint density at radius 2 is 1.90 bits per heavy atom. The maximum absolute atomic E-state index is 12.8. The average molecular weight is 409 g/mol. The zero-order chi connectivity index (χ0) is 21.2. The Morgan fingerprint density at radius 3 is 2.74 bits per heavy atom. The SMILES string of the molecule is O=C(Nc1c[nH]c2ncc(-c3cccc(O)c3)cc12)c1cnn(Cc2ccccc2)c1. The molecular weight excluding hydrogens is 390 g/mol. The molecule has 5 aromatic rings. The first-order valence-corrected chi connectivity index (χ1v) is 9.80. The Morgan fingerprint density at radius 1 is 1.03 bits per heavy atom. The fraction of sp³-hybridized carbons (Fsp3) is 0.0417. The number of fused-ring (bicyclic) bond motifs is 1. The van der Waals surface area contributed by atoms with E-state index >= 15 is 0 Å². The lowest BCUT2D eigenvalue weighted by Gasteiger charge is -2.05. The summed E-state index contributed by atoms with van der Waals surface area (Å²) in [6.45, 7) is 0.596. The molecule has 3 N–H and O–H groups in total. The van der Waals surface area contributed by atoms with Gasteiger partial charge in [0.1, 0.15) is 11.4 Å². The van der Waals surface area contributed by atoms with Crippen molar-refractivity contribution in [1.82, 2.24) is 19.7 Å². The number of H-pyrrole nitrogens is 1. The Labute approximate surface area is 178 Å². The van der Waals surface area contributed by atoms with E-state index in [1.165, 1.54) is 0 Å². The zero-order valence-corrected chi connectivity index (χ0v) is 16.5. The van der Waals surface area contributed by atoms with Crippen LogP contribution in [-0.2, 0) is 6.54 Å². The molecule has 1 amide bonds. The minimum Gasteiger partial charge on any atom is -0.508 e. The second kappa shape index (κ2) is 7.79. The van der Waals surface area contributed by atoms with Gasteiger partial charge in [-0.15, -0.1) is 0 Å². The fourth-order valence-electron chi connectivity index (χ4n) is 3.48. The van der Waals surface area contributed by atoms with Gasteiger partial charge in [-0.05, 0) is 29.3 Å². The van der Waals surface area contributed by atoms with Crippen LogP contribution in [0.4, 0.5) is 5.69 Å². The number of amides is 1. The van der Waals surface area contributed by atoms with Gasteiger partial charge in [-0.3, -0.25) is 9.48 Å². The van der Waals surface area contributed by atoms with Crippen molar-refractivity contribution in [3.05, 3.63) is 96.6 Å². The van der Waals surface area contributed by atoms with Crippen molar-refractivity contribution >= 4 is 22.6 Å². The number of carbonyl (C=O) groups is 1. The molecule has 7 nitrogen and oxygen atoms in total. The highest BCUT2D eigenvalue weighted by atomic mass is 16.3. The van der Waals surface area contributed by atoms with Crippen molar-refractivity contribution in [2.45, 2.75) is 6.54 Å². The van der Waals surface area contributed by atoms with Gasteiger partial charge in [-0.2, -0.15) is 5.10 Å². The summed E-state index contributed by atoms with van der Waals surface area (Å²) in [5.41, 5.74) is 4.57. The molecule has 0 aliphatic heterocycles. The van der Waals surface area contributed by atoms with Crippen molar-refractivity contribution in [3.8, 4) is 16.9 Å². The summed E-state index contributed by atoms with van der Waals surface area (Å²) in [5, 5.41) is 17.8. The Bertz CT molecular complexity index is 1370. The molecule has 0 aliphatic rings. The maximum Gasteiger partial charge on any atom is 0.258 e. The van der Waals surface area contributed by atoms with Crippen LogP contribution in [0.3, 0.4) is 0 Å². The summed E-state index contributed by atoms with van der Waals surface area (Å²) in [5.74, 6) is -0.0596. The normalized spacial score (nSPS) is 11.0. The van der Waals surface area contributed by atoms with Crippen LogP contribution in [0, 0.1) is 0 Å². The van der Waals surface area contributed by atoms with E-state index in [9.17, 15) is 9.90 Å². The number of benzene rings is 2. The van der Waals surface area contributed by atoms with E-state index in [1.807, 2.05) is 42.5 Å². The highest BCUT2D eigenvalue weighted by molar-refractivity contribution is 6.08. The van der Waals surface area contributed by atoms with E-state index in [2.05, 4.69) is 20.4 Å².